The van der Waals surface area contributed by atoms with E-state index in [4.69, 9.17) is 0 Å². The van der Waals surface area contributed by atoms with Gasteiger partial charge in [-0.25, -0.2) is 0 Å². The van der Waals surface area contributed by atoms with Crippen LogP contribution in [0.25, 0.3) is 0 Å². The van der Waals surface area contributed by atoms with Crippen LogP contribution in [0.2, 0.25) is 0 Å². The summed E-state index contributed by atoms with van der Waals surface area (Å²) in [6.07, 6.45) is 0. The molecular formula is C18H20N2O2. The van der Waals surface area contributed by atoms with Crippen LogP contribution in [-0.4, -0.2) is 18.4 Å². The van der Waals surface area contributed by atoms with Crippen molar-refractivity contribution in [2.45, 2.75) is 20.4 Å². The van der Waals surface area contributed by atoms with Crippen LogP contribution < -0.4 is 10.6 Å². The summed E-state index contributed by atoms with van der Waals surface area (Å²) >= 11 is 0. The molecular weight excluding hydrogens is 276 g/mol. The number of nitrogens with one attached hydrogen (secondary N) is 2. The standard InChI is InChI=1S/C18H20N2O2/c1-13-8-9-15(10-14(13)2)11-19-17(21)12-20-18(22)16-6-4-3-5-7-16/h3-10H,11-12H2,1-2H3,(H,19,21)(H,20,22). The largest absolute Gasteiger partial charge is 0.350 e. The second kappa shape index (κ2) is 7.41. The van der Waals surface area contributed by atoms with Crippen LogP contribution >= 0.6 is 0 Å². The highest BCUT2D eigenvalue weighted by Crippen LogP contribution is 2.09. The SMILES string of the molecule is Cc1ccc(CNC(=O)CNC(=O)c2ccccc2)cc1C. The number of hydrogen-bond donors (Lipinski definition) is 2. The first kappa shape index (κ1) is 15.8. The quantitative estimate of drug-likeness (QED) is 0.890. The third-order valence-electron chi connectivity index (χ3n) is 3.51. The molecule has 0 unspecified atom stereocenters. The first-order chi connectivity index (χ1) is 10.6. The topological polar surface area (TPSA) is 58.2 Å². The lowest BCUT2D eigenvalue weighted by Crippen LogP contribution is -2.36. The molecule has 0 fully saturated rings. The lowest BCUT2D eigenvalue weighted by molar-refractivity contribution is -0.120. The Hall–Kier alpha value is -2.62. The molecule has 0 aliphatic carbocycles. The molecule has 114 valence electrons. The summed E-state index contributed by atoms with van der Waals surface area (Å²) in [5, 5.41) is 5.40. The van der Waals surface area contributed by atoms with E-state index >= 15 is 0 Å². The zero-order chi connectivity index (χ0) is 15.9. The Bertz CT molecular complexity index is 666. The van der Waals surface area contributed by atoms with Gasteiger partial charge in [0.2, 0.25) is 5.91 Å². The lowest BCUT2D eigenvalue weighted by Gasteiger charge is -2.08. The molecule has 0 atom stereocenters. The van der Waals surface area contributed by atoms with Gasteiger partial charge in [0.05, 0.1) is 6.54 Å². The van der Waals surface area contributed by atoms with E-state index in [2.05, 4.69) is 23.6 Å². The van der Waals surface area contributed by atoms with Gasteiger partial charge in [0.15, 0.2) is 0 Å². The molecule has 0 heterocycles. The van der Waals surface area contributed by atoms with Crippen molar-refractivity contribution in [3.8, 4) is 0 Å². The Morgan fingerprint density at radius 1 is 0.909 bits per heavy atom. The normalized spacial score (nSPS) is 10.1. The van der Waals surface area contributed by atoms with E-state index in [1.807, 2.05) is 25.1 Å². The number of amides is 2. The molecule has 2 amide bonds. The molecule has 22 heavy (non-hydrogen) atoms. The van der Waals surface area contributed by atoms with Gasteiger partial charge < -0.3 is 10.6 Å². The molecule has 2 aromatic carbocycles. The Morgan fingerprint density at radius 2 is 1.64 bits per heavy atom. The molecule has 4 heteroatoms. The maximum Gasteiger partial charge on any atom is 0.251 e. The van der Waals surface area contributed by atoms with Crippen molar-refractivity contribution in [2.24, 2.45) is 0 Å². The Morgan fingerprint density at radius 3 is 2.32 bits per heavy atom. The molecule has 4 nitrogen and oxygen atoms in total. The fourth-order valence-electron chi connectivity index (χ4n) is 2.03. The molecule has 2 aromatic rings. The second-order valence-electron chi connectivity index (χ2n) is 5.24. The van der Waals surface area contributed by atoms with E-state index in [1.165, 1.54) is 11.1 Å². The smallest absolute Gasteiger partial charge is 0.251 e. The predicted molar refractivity (Wildman–Crippen MR) is 86.5 cm³/mol. The predicted octanol–water partition coefficient (Wildman–Crippen LogP) is 2.35. The van der Waals surface area contributed by atoms with E-state index in [0.717, 1.165) is 5.56 Å². The summed E-state index contributed by atoms with van der Waals surface area (Å²) in [6, 6.07) is 14.9. The molecule has 0 spiro atoms. The molecule has 0 saturated carbocycles. The van der Waals surface area contributed by atoms with Crippen LogP contribution in [0.4, 0.5) is 0 Å². The number of rotatable bonds is 5. The van der Waals surface area contributed by atoms with Gasteiger partial charge >= 0.3 is 0 Å². The van der Waals surface area contributed by atoms with Crippen molar-refractivity contribution >= 4 is 11.8 Å². The number of aryl methyl sites for hydroxylation is 2. The zero-order valence-electron chi connectivity index (χ0n) is 12.8. The third-order valence-corrected chi connectivity index (χ3v) is 3.51. The van der Waals surface area contributed by atoms with Crippen molar-refractivity contribution in [3.63, 3.8) is 0 Å². The summed E-state index contributed by atoms with van der Waals surface area (Å²) in [4.78, 5) is 23.6. The van der Waals surface area contributed by atoms with E-state index in [1.54, 1.807) is 24.3 Å². The van der Waals surface area contributed by atoms with Crippen molar-refractivity contribution in [1.29, 1.82) is 0 Å². The summed E-state index contributed by atoms with van der Waals surface area (Å²) in [5.41, 5.74) is 4.02. The number of carbonyl (C=O) groups is 2. The summed E-state index contributed by atoms with van der Waals surface area (Å²) in [7, 11) is 0. The minimum Gasteiger partial charge on any atom is -0.350 e. The highest BCUT2D eigenvalue weighted by Gasteiger charge is 2.07. The van der Waals surface area contributed by atoms with Gasteiger partial charge in [-0.1, -0.05) is 36.4 Å². The first-order valence-electron chi connectivity index (χ1n) is 7.22. The third kappa shape index (κ3) is 4.45. The first-order valence-corrected chi connectivity index (χ1v) is 7.22. The summed E-state index contributed by atoms with van der Waals surface area (Å²) < 4.78 is 0. The van der Waals surface area contributed by atoms with Crippen LogP contribution in [0, 0.1) is 13.8 Å². The lowest BCUT2D eigenvalue weighted by atomic mass is 10.1. The Balaban J connectivity index is 1.78. The van der Waals surface area contributed by atoms with Gasteiger partial charge in [-0.15, -0.1) is 0 Å². The van der Waals surface area contributed by atoms with E-state index in [0.29, 0.717) is 12.1 Å². The second-order valence-corrected chi connectivity index (χ2v) is 5.24. The van der Waals surface area contributed by atoms with E-state index in [9.17, 15) is 9.59 Å². The zero-order valence-corrected chi connectivity index (χ0v) is 12.8. The molecule has 2 N–H and O–H groups in total. The molecule has 0 radical (unpaired) electrons. The minimum absolute atomic E-state index is 0.0292. The number of benzene rings is 2. The maximum absolute atomic E-state index is 11.8. The van der Waals surface area contributed by atoms with Crippen LogP contribution in [0.3, 0.4) is 0 Å². The van der Waals surface area contributed by atoms with Crippen LogP contribution in [-0.2, 0) is 11.3 Å². The highest BCUT2D eigenvalue weighted by molar-refractivity contribution is 5.96. The fourth-order valence-corrected chi connectivity index (χ4v) is 2.03. The highest BCUT2D eigenvalue weighted by atomic mass is 16.2. The molecule has 0 aromatic heterocycles. The van der Waals surface area contributed by atoms with Gasteiger partial charge in [0, 0.05) is 12.1 Å². The average Bonchev–Trinajstić information content (AvgIpc) is 2.54. The Kier molecular flexibility index (Phi) is 5.31. The van der Waals surface area contributed by atoms with E-state index < -0.39 is 0 Å². The van der Waals surface area contributed by atoms with Crippen LogP contribution in [0.15, 0.2) is 48.5 Å². The van der Waals surface area contributed by atoms with Gasteiger partial charge in [0.1, 0.15) is 0 Å². The summed E-state index contributed by atoms with van der Waals surface area (Å²) in [6.45, 7) is 4.53. The van der Waals surface area contributed by atoms with Crippen molar-refractivity contribution in [3.05, 3.63) is 70.8 Å². The summed E-state index contributed by atoms with van der Waals surface area (Å²) in [5.74, 6) is -0.454. The van der Waals surface area contributed by atoms with Gasteiger partial charge in [-0.2, -0.15) is 0 Å². The molecule has 0 aliphatic heterocycles. The molecule has 0 bridgehead atoms. The van der Waals surface area contributed by atoms with Crippen molar-refractivity contribution < 1.29 is 9.59 Å². The van der Waals surface area contributed by atoms with Gasteiger partial charge in [0.25, 0.3) is 5.91 Å². The maximum atomic E-state index is 11.8. The van der Waals surface area contributed by atoms with Crippen LogP contribution in [0.1, 0.15) is 27.0 Å². The molecule has 0 aliphatic rings. The molecule has 2 rings (SSSR count). The number of carbonyl (C=O) groups excluding carboxylic acids is 2. The minimum atomic E-state index is -0.248. The van der Waals surface area contributed by atoms with Crippen LogP contribution in [0.5, 0.6) is 0 Å². The number of hydrogen-bond acceptors (Lipinski definition) is 2. The van der Waals surface area contributed by atoms with Crippen molar-refractivity contribution in [1.82, 2.24) is 10.6 Å². The fraction of sp³-hybridized carbons (Fsp3) is 0.222. The average molecular weight is 296 g/mol. The van der Waals surface area contributed by atoms with Gasteiger partial charge in [-0.05, 0) is 42.7 Å². The monoisotopic (exact) mass is 296 g/mol. The molecule has 0 saturated heterocycles. The van der Waals surface area contributed by atoms with E-state index in [-0.39, 0.29) is 18.4 Å². The van der Waals surface area contributed by atoms with Gasteiger partial charge in [-0.3, -0.25) is 9.59 Å². The Labute approximate surface area is 130 Å². The van der Waals surface area contributed by atoms with Crippen molar-refractivity contribution in [2.75, 3.05) is 6.54 Å².